The number of pyridine rings is 1. The fourth-order valence-electron chi connectivity index (χ4n) is 2.13. The van der Waals surface area contributed by atoms with Gasteiger partial charge in [0.1, 0.15) is 0 Å². The average Bonchev–Trinajstić information content (AvgIpc) is 2.66. The number of ketones is 1. The minimum absolute atomic E-state index is 0.151. The molecule has 0 atom stereocenters. The van der Waals surface area contributed by atoms with Crippen LogP contribution in [0, 0.1) is 0 Å². The third-order valence-electron chi connectivity index (χ3n) is 3.54. The lowest BCUT2D eigenvalue weighted by atomic mass is 10.1. The number of aromatic nitrogens is 1. The van der Waals surface area contributed by atoms with Crippen LogP contribution in [-0.4, -0.2) is 48.9 Å². The minimum atomic E-state index is -0.195. The lowest BCUT2D eigenvalue weighted by Gasteiger charge is -2.16. The maximum atomic E-state index is 12.2. The van der Waals surface area contributed by atoms with Crippen molar-refractivity contribution in [2.45, 2.75) is 6.92 Å². The van der Waals surface area contributed by atoms with Crippen molar-refractivity contribution in [3.05, 3.63) is 58.9 Å². The number of amides is 1. The highest BCUT2D eigenvalue weighted by atomic mass is 35.5. The van der Waals surface area contributed by atoms with E-state index >= 15 is 0 Å². The van der Waals surface area contributed by atoms with Crippen LogP contribution in [0.5, 0.6) is 11.5 Å². The Balaban J connectivity index is 2.22. The van der Waals surface area contributed by atoms with Crippen LogP contribution < -0.4 is 9.47 Å². The number of carbonyl (C=O) groups is 2. The molecule has 1 aromatic heterocycles. The number of carbonyl (C=O) groups excluding carboxylic acids is 2. The molecule has 0 bridgehead atoms. The molecule has 1 aromatic carbocycles. The molecule has 6 nitrogen and oxygen atoms in total. The predicted molar refractivity (Wildman–Crippen MR) is 104 cm³/mol. The second kappa shape index (κ2) is 9.73. The Morgan fingerprint density at radius 3 is 2.67 bits per heavy atom. The van der Waals surface area contributed by atoms with Crippen LogP contribution in [-0.2, 0) is 4.79 Å². The van der Waals surface area contributed by atoms with Crippen molar-refractivity contribution < 1.29 is 19.1 Å². The fraction of sp³-hybridized carbons (Fsp3) is 0.250. The van der Waals surface area contributed by atoms with Gasteiger partial charge in [0.25, 0.3) is 5.91 Å². The van der Waals surface area contributed by atoms with Gasteiger partial charge in [-0.25, -0.2) is 0 Å². The molecule has 1 amide bonds. The number of likely N-dealkylation sites (N-methyl/N-ethyl adjacent to an activating group) is 1. The second-order valence-corrected chi connectivity index (χ2v) is 6.19. The first-order chi connectivity index (χ1) is 12.9. The number of benzene rings is 1. The Bertz CT molecular complexity index is 835. The van der Waals surface area contributed by atoms with Crippen LogP contribution >= 0.6 is 11.6 Å². The Hall–Kier alpha value is -2.86. The summed E-state index contributed by atoms with van der Waals surface area (Å²) in [4.78, 5) is 29.3. The molecule has 0 spiro atoms. The van der Waals surface area contributed by atoms with E-state index in [0.29, 0.717) is 34.3 Å². The maximum Gasteiger partial charge on any atom is 0.259 e. The number of halogens is 1. The van der Waals surface area contributed by atoms with E-state index in [-0.39, 0.29) is 18.3 Å². The van der Waals surface area contributed by atoms with Gasteiger partial charge in [0.2, 0.25) is 0 Å². The van der Waals surface area contributed by atoms with Crippen molar-refractivity contribution in [1.29, 1.82) is 0 Å². The molecule has 2 aromatic rings. The lowest BCUT2D eigenvalue weighted by Crippen LogP contribution is -2.27. The van der Waals surface area contributed by atoms with Crippen LogP contribution in [0.3, 0.4) is 0 Å². The van der Waals surface area contributed by atoms with E-state index in [1.54, 1.807) is 50.6 Å². The van der Waals surface area contributed by atoms with Gasteiger partial charge in [0, 0.05) is 32.1 Å². The molecule has 1 heterocycles. The topological polar surface area (TPSA) is 68.7 Å². The summed E-state index contributed by atoms with van der Waals surface area (Å²) in [5, 5.41) is 0.293. The first-order valence-corrected chi connectivity index (χ1v) is 8.72. The van der Waals surface area contributed by atoms with E-state index in [0.717, 1.165) is 0 Å². The second-order valence-electron chi connectivity index (χ2n) is 5.78. The third-order valence-corrected chi connectivity index (χ3v) is 3.82. The van der Waals surface area contributed by atoms with E-state index in [1.165, 1.54) is 17.2 Å². The SMILES string of the molecule is CCOc1cc(/C=C/C(=O)c2cccnc2)cc(Cl)c1OCC(=O)N(C)C. The smallest absolute Gasteiger partial charge is 0.259 e. The number of allylic oxidation sites excluding steroid dienone is 1. The summed E-state index contributed by atoms with van der Waals surface area (Å²) in [5.41, 5.74) is 1.17. The van der Waals surface area contributed by atoms with Crippen molar-refractivity contribution in [1.82, 2.24) is 9.88 Å². The highest BCUT2D eigenvalue weighted by Gasteiger charge is 2.14. The molecule has 0 aliphatic carbocycles. The molecule has 0 radical (unpaired) electrons. The maximum absolute atomic E-state index is 12.2. The highest BCUT2D eigenvalue weighted by molar-refractivity contribution is 6.32. The van der Waals surface area contributed by atoms with E-state index in [9.17, 15) is 9.59 Å². The molecule has 0 unspecified atom stereocenters. The highest BCUT2D eigenvalue weighted by Crippen LogP contribution is 2.37. The first kappa shape index (κ1) is 20.5. The van der Waals surface area contributed by atoms with Gasteiger partial charge in [0.15, 0.2) is 23.9 Å². The van der Waals surface area contributed by atoms with Crippen LogP contribution in [0.1, 0.15) is 22.8 Å². The zero-order valence-corrected chi connectivity index (χ0v) is 16.2. The number of hydrogen-bond donors (Lipinski definition) is 0. The summed E-state index contributed by atoms with van der Waals surface area (Å²) < 4.78 is 11.1. The summed E-state index contributed by atoms with van der Waals surface area (Å²) in [5.74, 6) is 0.336. The van der Waals surface area contributed by atoms with Gasteiger partial charge < -0.3 is 14.4 Å². The van der Waals surface area contributed by atoms with Crippen molar-refractivity contribution in [3.8, 4) is 11.5 Å². The quantitative estimate of drug-likeness (QED) is 0.511. The molecule has 0 aliphatic heterocycles. The Kier molecular flexibility index (Phi) is 7.37. The molecule has 27 heavy (non-hydrogen) atoms. The molecule has 0 N–H and O–H groups in total. The molecule has 0 fully saturated rings. The van der Waals surface area contributed by atoms with Crippen LogP contribution in [0.25, 0.3) is 6.08 Å². The minimum Gasteiger partial charge on any atom is -0.490 e. The zero-order chi connectivity index (χ0) is 19.8. The predicted octanol–water partition coefficient (Wildman–Crippen LogP) is 3.50. The standard InChI is InChI=1S/C20H21ClN2O4/c1-4-26-18-11-14(7-8-17(24)15-6-5-9-22-12-15)10-16(21)20(18)27-13-19(25)23(2)3/h5-12H,4,13H2,1-3H3/b8-7+. The Labute approximate surface area is 163 Å². The Morgan fingerprint density at radius 1 is 1.26 bits per heavy atom. The molecule has 142 valence electrons. The van der Waals surface area contributed by atoms with Crippen LogP contribution in [0.4, 0.5) is 0 Å². The summed E-state index contributed by atoms with van der Waals surface area (Å²) >= 11 is 6.31. The Morgan fingerprint density at radius 2 is 2.04 bits per heavy atom. The zero-order valence-electron chi connectivity index (χ0n) is 15.4. The molecule has 0 saturated carbocycles. The number of rotatable bonds is 8. The van der Waals surface area contributed by atoms with Crippen molar-refractivity contribution in [2.75, 3.05) is 27.3 Å². The lowest BCUT2D eigenvalue weighted by molar-refractivity contribution is -0.130. The van der Waals surface area contributed by atoms with Gasteiger partial charge >= 0.3 is 0 Å². The van der Waals surface area contributed by atoms with E-state index in [4.69, 9.17) is 21.1 Å². The first-order valence-electron chi connectivity index (χ1n) is 8.34. The van der Waals surface area contributed by atoms with Gasteiger partial charge in [-0.3, -0.25) is 14.6 Å². The van der Waals surface area contributed by atoms with Gasteiger partial charge in [-0.05, 0) is 42.8 Å². The molecular formula is C20H21ClN2O4. The number of nitrogens with zero attached hydrogens (tertiary/aromatic N) is 2. The van der Waals surface area contributed by atoms with Crippen molar-refractivity contribution in [3.63, 3.8) is 0 Å². The average molecular weight is 389 g/mol. The van der Waals surface area contributed by atoms with Gasteiger partial charge in [-0.15, -0.1) is 0 Å². The van der Waals surface area contributed by atoms with E-state index < -0.39 is 0 Å². The molecule has 0 aliphatic rings. The van der Waals surface area contributed by atoms with Crippen molar-refractivity contribution in [2.24, 2.45) is 0 Å². The van der Waals surface area contributed by atoms with Gasteiger partial charge in [0.05, 0.1) is 11.6 Å². The monoisotopic (exact) mass is 388 g/mol. The fourth-order valence-corrected chi connectivity index (χ4v) is 2.40. The third kappa shape index (κ3) is 5.82. The van der Waals surface area contributed by atoms with Crippen LogP contribution in [0.15, 0.2) is 42.7 Å². The molecular weight excluding hydrogens is 368 g/mol. The molecule has 2 rings (SSSR count). The van der Waals surface area contributed by atoms with E-state index in [1.807, 2.05) is 6.92 Å². The summed E-state index contributed by atoms with van der Waals surface area (Å²) in [6.45, 7) is 2.08. The summed E-state index contributed by atoms with van der Waals surface area (Å²) in [6.07, 6.45) is 6.19. The largest absolute Gasteiger partial charge is 0.490 e. The van der Waals surface area contributed by atoms with Gasteiger partial charge in [-0.2, -0.15) is 0 Å². The van der Waals surface area contributed by atoms with Gasteiger partial charge in [-0.1, -0.05) is 17.7 Å². The van der Waals surface area contributed by atoms with E-state index in [2.05, 4.69) is 4.98 Å². The summed E-state index contributed by atoms with van der Waals surface area (Å²) in [6, 6.07) is 6.74. The number of ether oxygens (including phenoxy) is 2. The summed E-state index contributed by atoms with van der Waals surface area (Å²) in [7, 11) is 3.29. The molecule has 0 saturated heterocycles. The van der Waals surface area contributed by atoms with Crippen LogP contribution in [0.2, 0.25) is 5.02 Å². The van der Waals surface area contributed by atoms with Crippen molar-refractivity contribution >= 4 is 29.4 Å². The normalized spacial score (nSPS) is 10.7. The molecule has 7 heteroatoms. The number of hydrogen-bond acceptors (Lipinski definition) is 5.